The molecule has 0 saturated heterocycles. The number of esters is 1. The summed E-state index contributed by atoms with van der Waals surface area (Å²) in [6.07, 6.45) is 0. The van der Waals surface area contributed by atoms with Gasteiger partial charge in [0.05, 0.1) is 25.8 Å². The Hall–Kier alpha value is -2.80. The van der Waals surface area contributed by atoms with Crippen LogP contribution in [0.2, 0.25) is 0 Å². The van der Waals surface area contributed by atoms with Gasteiger partial charge in [0.2, 0.25) is 0 Å². The van der Waals surface area contributed by atoms with Crippen LogP contribution in [0.4, 0.5) is 0 Å². The van der Waals surface area contributed by atoms with Gasteiger partial charge < -0.3 is 24.7 Å². The van der Waals surface area contributed by atoms with Crippen LogP contribution in [0.15, 0.2) is 24.3 Å². The van der Waals surface area contributed by atoms with E-state index in [4.69, 9.17) is 9.47 Å². The molecule has 2 aromatic rings. The molecule has 0 fully saturated rings. The maximum Gasteiger partial charge on any atom is 0.339 e. The molecule has 1 atom stereocenters. The number of rotatable bonds is 7. The van der Waals surface area contributed by atoms with Gasteiger partial charge in [0.25, 0.3) is 5.91 Å². The first-order valence-corrected chi connectivity index (χ1v) is 8.66. The summed E-state index contributed by atoms with van der Waals surface area (Å²) >= 11 is 0. The number of amides is 1. The van der Waals surface area contributed by atoms with Crippen molar-refractivity contribution < 1.29 is 19.1 Å². The van der Waals surface area contributed by atoms with Gasteiger partial charge in [0.15, 0.2) is 0 Å². The van der Waals surface area contributed by atoms with E-state index < -0.39 is 5.97 Å². The van der Waals surface area contributed by atoms with Crippen molar-refractivity contribution in [3.63, 3.8) is 0 Å². The summed E-state index contributed by atoms with van der Waals surface area (Å²) in [6.45, 7) is 3.88. The first-order valence-electron chi connectivity index (χ1n) is 8.66. The van der Waals surface area contributed by atoms with Crippen LogP contribution < -0.4 is 10.1 Å². The number of hydrogen-bond donors (Lipinski definition) is 2. The number of aromatic amines is 1. The zero-order chi connectivity index (χ0) is 20.1. The van der Waals surface area contributed by atoms with Gasteiger partial charge in [-0.3, -0.25) is 4.79 Å². The summed E-state index contributed by atoms with van der Waals surface area (Å²) in [6, 6.07) is 7.73. The molecule has 0 aliphatic heterocycles. The molecule has 7 heteroatoms. The molecule has 2 rings (SSSR count). The highest BCUT2D eigenvalue weighted by Crippen LogP contribution is 2.23. The molecule has 0 aliphatic rings. The second-order valence-electron chi connectivity index (χ2n) is 6.58. The first kappa shape index (κ1) is 20.5. The number of ether oxygens (including phenoxy) is 2. The van der Waals surface area contributed by atoms with Gasteiger partial charge in [0.1, 0.15) is 11.4 Å². The third-order valence-electron chi connectivity index (χ3n) is 4.61. The Morgan fingerprint density at radius 3 is 2.52 bits per heavy atom. The van der Waals surface area contributed by atoms with E-state index in [-0.39, 0.29) is 11.9 Å². The van der Waals surface area contributed by atoms with E-state index in [0.29, 0.717) is 29.1 Å². The molecule has 2 N–H and O–H groups in total. The molecule has 1 aromatic heterocycles. The average molecular weight is 373 g/mol. The monoisotopic (exact) mass is 373 g/mol. The Bertz CT molecular complexity index is 827. The largest absolute Gasteiger partial charge is 0.497 e. The van der Waals surface area contributed by atoms with Crippen molar-refractivity contribution in [3.05, 3.63) is 52.3 Å². The first-order chi connectivity index (χ1) is 12.8. The fourth-order valence-electron chi connectivity index (χ4n) is 3.11. The Kier molecular flexibility index (Phi) is 6.63. The lowest BCUT2D eigenvalue weighted by atomic mass is 10.1. The van der Waals surface area contributed by atoms with Crippen molar-refractivity contribution in [3.8, 4) is 5.75 Å². The molecular formula is C20H27N3O4. The number of likely N-dealkylation sites (N-methyl/N-ethyl adjacent to an activating group) is 1. The second kappa shape index (κ2) is 8.73. The van der Waals surface area contributed by atoms with Gasteiger partial charge in [0, 0.05) is 12.2 Å². The normalized spacial score (nSPS) is 12.0. The Morgan fingerprint density at radius 1 is 1.22 bits per heavy atom. The van der Waals surface area contributed by atoms with Gasteiger partial charge in [-0.1, -0.05) is 12.1 Å². The number of aryl methyl sites for hydroxylation is 1. The lowest BCUT2D eigenvalue weighted by Gasteiger charge is -2.25. The van der Waals surface area contributed by atoms with Crippen molar-refractivity contribution in [2.75, 3.05) is 34.9 Å². The standard InChI is InChI=1S/C20H27N3O4/c1-12-17(20(25)27-6)13(2)22-18(12)19(24)21-11-16(23(3)4)14-8-7-9-15(10-14)26-5/h7-10,16,22H,11H2,1-6H3,(H,21,24). The third kappa shape index (κ3) is 4.49. The quantitative estimate of drug-likeness (QED) is 0.729. The van der Waals surface area contributed by atoms with Gasteiger partial charge >= 0.3 is 5.97 Å². The number of nitrogens with zero attached hydrogens (tertiary/aromatic N) is 1. The lowest BCUT2D eigenvalue weighted by Crippen LogP contribution is -2.35. The Morgan fingerprint density at radius 2 is 1.93 bits per heavy atom. The summed E-state index contributed by atoms with van der Waals surface area (Å²) in [7, 11) is 6.86. The van der Waals surface area contributed by atoms with Crippen LogP contribution in [-0.4, -0.2) is 56.6 Å². The molecule has 7 nitrogen and oxygen atoms in total. The van der Waals surface area contributed by atoms with Crippen molar-refractivity contribution in [1.82, 2.24) is 15.2 Å². The van der Waals surface area contributed by atoms with E-state index in [1.165, 1.54) is 7.11 Å². The van der Waals surface area contributed by atoms with Crippen molar-refractivity contribution in [2.24, 2.45) is 0 Å². The summed E-state index contributed by atoms with van der Waals surface area (Å²) in [5, 5.41) is 2.95. The zero-order valence-corrected chi connectivity index (χ0v) is 16.7. The molecule has 1 unspecified atom stereocenters. The smallest absolute Gasteiger partial charge is 0.339 e. The van der Waals surface area contributed by atoms with E-state index in [1.807, 2.05) is 43.3 Å². The average Bonchev–Trinajstić information content (AvgIpc) is 2.95. The molecular weight excluding hydrogens is 346 g/mol. The number of H-pyrrole nitrogens is 1. The summed E-state index contributed by atoms with van der Waals surface area (Å²) < 4.78 is 10.1. The van der Waals surface area contributed by atoms with Gasteiger partial charge in [-0.05, 0) is 51.2 Å². The van der Waals surface area contributed by atoms with E-state index in [0.717, 1.165) is 11.3 Å². The minimum absolute atomic E-state index is 0.0273. The van der Waals surface area contributed by atoms with Crippen LogP contribution in [0, 0.1) is 13.8 Å². The summed E-state index contributed by atoms with van der Waals surface area (Å²) in [4.78, 5) is 29.6. The third-order valence-corrected chi connectivity index (χ3v) is 4.61. The maximum atomic E-state index is 12.7. The Labute approximate surface area is 159 Å². The van der Waals surface area contributed by atoms with Crippen LogP contribution in [0.25, 0.3) is 0 Å². The molecule has 1 aromatic carbocycles. The topological polar surface area (TPSA) is 83.7 Å². The summed E-state index contributed by atoms with van der Waals surface area (Å²) in [5.74, 6) is 0.0487. The molecule has 0 bridgehead atoms. The fraction of sp³-hybridized carbons (Fsp3) is 0.400. The lowest BCUT2D eigenvalue weighted by molar-refractivity contribution is 0.0599. The van der Waals surface area contributed by atoms with Crippen molar-refractivity contribution in [2.45, 2.75) is 19.9 Å². The molecule has 146 valence electrons. The molecule has 1 amide bonds. The van der Waals surface area contributed by atoms with E-state index in [1.54, 1.807) is 21.0 Å². The molecule has 0 spiro atoms. The minimum Gasteiger partial charge on any atom is -0.497 e. The number of hydrogen-bond acceptors (Lipinski definition) is 5. The predicted octanol–water partition coefficient (Wildman–Crippen LogP) is 2.46. The van der Waals surface area contributed by atoms with Crippen LogP contribution in [0.1, 0.15) is 43.7 Å². The SMILES string of the molecule is COC(=O)c1c(C)[nH]c(C(=O)NCC(c2cccc(OC)c2)N(C)C)c1C. The highest BCUT2D eigenvalue weighted by molar-refractivity contribution is 6.00. The van der Waals surface area contributed by atoms with Crippen molar-refractivity contribution in [1.29, 1.82) is 0 Å². The van der Waals surface area contributed by atoms with Gasteiger partial charge in [-0.25, -0.2) is 4.79 Å². The van der Waals surface area contributed by atoms with Crippen molar-refractivity contribution >= 4 is 11.9 Å². The number of carbonyl (C=O) groups is 2. The molecule has 27 heavy (non-hydrogen) atoms. The van der Waals surface area contributed by atoms with E-state index in [2.05, 4.69) is 10.3 Å². The molecule has 0 radical (unpaired) electrons. The predicted molar refractivity (Wildman–Crippen MR) is 103 cm³/mol. The number of methoxy groups -OCH3 is 2. The molecule has 0 saturated carbocycles. The van der Waals surface area contributed by atoms with Crippen LogP contribution in [0.5, 0.6) is 5.75 Å². The Balaban J connectivity index is 2.18. The van der Waals surface area contributed by atoms with Gasteiger partial charge in [-0.2, -0.15) is 0 Å². The van der Waals surface area contributed by atoms with Crippen LogP contribution in [-0.2, 0) is 4.74 Å². The number of carbonyl (C=O) groups excluding carboxylic acids is 2. The highest BCUT2D eigenvalue weighted by Gasteiger charge is 2.23. The highest BCUT2D eigenvalue weighted by atomic mass is 16.5. The van der Waals surface area contributed by atoms with E-state index >= 15 is 0 Å². The molecule has 0 aliphatic carbocycles. The molecule has 1 heterocycles. The number of nitrogens with one attached hydrogen (secondary N) is 2. The number of benzene rings is 1. The number of aromatic nitrogens is 1. The summed E-state index contributed by atoms with van der Waals surface area (Å²) in [5.41, 5.74) is 3.01. The van der Waals surface area contributed by atoms with Gasteiger partial charge in [-0.15, -0.1) is 0 Å². The van der Waals surface area contributed by atoms with Crippen LogP contribution in [0.3, 0.4) is 0 Å². The van der Waals surface area contributed by atoms with Crippen LogP contribution >= 0.6 is 0 Å². The fourth-order valence-corrected chi connectivity index (χ4v) is 3.11. The maximum absolute atomic E-state index is 12.7. The minimum atomic E-state index is -0.456. The zero-order valence-electron chi connectivity index (χ0n) is 16.7. The second-order valence-corrected chi connectivity index (χ2v) is 6.58. The van der Waals surface area contributed by atoms with E-state index in [9.17, 15) is 9.59 Å².